The van der Waals surface area contributed by atoms with Crippen LogP contribution in [-0.4, -0.2) is 27.4 Å². The lowest BCUT2D eigenvalue weighted by Gasteiger charge is -2.04. The molecule has 0 atom stereocenters. The van der Waals surface area contributed by atoms with Crippen LogP contribution in [0.3, 0.4) is 0 Å². The van der Waals surface area contributed by atoms with Gasteiger partial charge in [-0.1, -0.05) is 6.07 Å². The highest BCUT2D eigenvalue weighted by Gasteiger charge is 2.14. The summed E-state index contributed by atoms with van der Waals surface area (Å²) in [5, 5.41) is 2.67. The second-order valence-electron chi connectivity index (χ2n) is 5.17. The molecule has 0 fully saturated rings. The van der Waals surface area contributed by atoms with Gasteiger partial charge in [0.1, 0.15) is 6.26 Å². The molecule has 1 N–H and O–H groups in total. The molecule has 0 spiro atoms. The summed E-state index contributed by atoms with van der Waals surface area (Å²) in [7, 11) is 0. The number of nitrogens with zero attached hydrogens (tertiary/aromatic N) is 3. The van der Waals surface area contributed by atoms with Crippen LogP contribution in [0.2, 0.25) is 0 Å². The van der Waals surface area contributed by atoms with Crippen LogP contribution in [0.4, 0.5) is 8.78 Å². The fourth-order valence-electron chi connectivity index (χ4n) is 2.07. The number of amides is 1. The Kier molecular flexibility index (Phi) is 5.47. The molecule has 0 aliphatic carbocycles. The van der Waals surface area contributed by atoms with E-state index in [0.717, 1.165) is 18.0 Å². The lowest BCUT2D eigenvalue weighted by Crippen LogP contribution is -2.26. The first-order valence-corrected chi connectivity index (χ1v) is 7.68. The third-order valence-electron chi connectivity index (χ3n) is 3.34. The molecule has 7 nitrogen and oxygen atoms in total. The molecule has 26 heavy (non-hydrogen) atoms. The quantitative estimate of drug-likeness (QED) is 0.695. The monoisotopic (exact) mass is 360 g/mol. The molecule has 9 heteroatoms. The summed E-state index contributed by atoms with van der Waals surface area (Å²) in [6, 6.07) is 3.58. The third kappa shape index (κ3) is 4.38. The summed E-state index contributed by atoms with van der Waals surface area (Å²) in [4.78, 5) is 24.0. The van der Waals surface area contributed by atoms with Crippen LogP contribution in [0.5, 0.6) is 5.75 Å². The molecule has 0 unspecified atom stereocenters. The zero-order valence-electron chi connectivity index (χ0n) is 13.5. The Morgan fingerprint density at radius 3 is 2.96 bits per heavy atom. The number of benzene rings is 1. The molecule has 134 valence electrons. The van der Waals surface area contributed by atoms with Crippen LogP contribution in [0, 0.1) is 11.6 Å². The van der Waals surface area contributed by atoms with Crippen LogP contribution in [-0.2, 0) is 13.0 Å². The molecule has 0 saturated heterocycles. The number of oxazole rings is 1. The second kappa shape index (κ2) is 8.15. The SMILES string of the molecule is O=C(NCCc1cnccn1)c1coc(COc2cccc(F)c2F)n1. The first-order chi connectivity index (χ1) is 12.6. The molecule has 3 aromatic rings. The Labute approximate surface area is 147 Å². The third-order valence-corrected chi connectivity index (χ3v) is 3.34. The van der Waals surface area contributed by atoms with Crippen molar-refractivity contribution < 1.29 is 22.7 Å². The zero-order valence-corrected chi connectivity index (χ0v) is 13.5. The Bertz CT molecular complexity index is 887. The van der Waals surface area contributed by atoms with Gasteiger partial charge in [-0.3, -0.25) is 14.8 Å². The van der Waals surface area contributed by atoms with E-state index in [1.54, 1.807) is 18.6 Å². The van der Waals surface area contributed by atoms with Crippen molar-refractivity contribution in [1.82, 2.24) is 20.3 Å². The van der Waals surface area contributed by atoms with Crippen molar-refractivity contribution in [3.8, 4) is 5.75 Å². The first-order valence-electron chi connectivity index (χ1n) is 7.68. The summed E-state index contributed by atoms with van der Waals surface area (Å²) in [5.41, 5.74) is 0.807. The number of hydrogen-bond donors (Lipinski definition) is 1. The first kappa shape index (κ1) is 17.5. The Morgan fingerprint density at radius 1 is 1.27 bits per heavy atom. The van der Waals surface area contributed by atoms with E-state index in [-0.39, 0.29) is 23.9 Å². The van der Waals surface area contributed by atoms with E-state index in [2.05, 4.69) is 20.3 Å². The van der Waals surface area contributed by atoms with E-state index in [0.29, 0.717) is 13.0 Å². The number of rotatable bonds is 7. The van der Waals surface area contributed by atoms with Gasteiger partial charge >= 0.3 is 0 Å². The molecule has 0 radical (unpaired) electrons. The lowest BCUT2D eigenvalue weighted by atomic mass is 10.3. The maximum absolute atomic E-state index is 13.5. The Morgan fingerprint density at radius 2 is 2.15 bits per heavy atom. The average Bonchev–Trinajstić information content (AvgIpc) is 3.13. The molecule has 2 aromatic heterocycles. The zero-order chi connectivity index (χ0) is 18.4. The van der Waals surface area contributed by atoms with Crippen molar-refractivity contribution in [3.63, 3.8) is 0 Å². The van der Waals surface area contributed by atoms with Gasteiger partial charge < -0.3 is 14.5 Å². The molecule has 2 heterocycles. The van der Waals surface area contributed by atoms with Gasteiger partial charge in [-0.25, -0.2) is 9.37 Å². The highest BCUT2D eigenvalue weighted by Crippen LogP contribution is 2.20. The predicted octanol–water partition coefficient (Wildman–Crippen LogP) is 2.29. The molecular formula is C17H14F2N4O3. The molecule has 0 bridgehead atoms. The Balaban J connectivity index is 1.50. The smallest absolute Gasteiger partial charge is 0.273 e. The molecule has 1 aromatic carbocycles. The van der Waals surface area contributed by atoms with Gasteiger partial charge in [0.25, 0.3) is 5.91 Å². The van der Waals surface area contributed by atoms with E-state index in [4.69, 9.17) is 9.15 Å². The number of halogens is 2. The van der Waals surface area contributed by atoms with Crippen molar-refractivity contribution >= 4 is 5.91 Å². The van der Waals surface area contributed by atoms with Crippen LogP contribution in [0.15, 0.2) is 47.5 Å². The number of nitrogens with one attached hydrogen (secondary N) is 1. The minimum absolute atomic E-state index is 0.0578. The molecule has 0 saturated carbocycles. The van der Waals surface area contributed by atoms with E-state index in [9.17, 15) is 13.6 Å². The second-order valence-corrected chi connectivity index (χ2v) is 5.17. The van der Waals surface area contributed by atoms with Crippen LogP contribution < -0.4 is 10.1 Å². The number of carbonyl (C=O) groups excluding carboxylic acids is 1. The van der Waals surface area contributed by atoms with E-state index in [1.165, 1.54) is 12.1 Å². The van der Waals surface area contributed by atoms with Gasteiger partial charge in [0, 0.05) is 31.6 Å². The van der Waals surface area contributed by atoms with Crippen molar-refractivity contribution in [2.75, 3.05) is 6.54 Å². The lowest BCUT2D eigenvalue weighted by molar-refractivity contribution is 0.0949. The highest BCUT2D eigenvalue weighted by atomic mass is 19.2. The van der Waals surface area contributed by atoms with Crippen LogP contribution in [0.1, 0.15) is 22.1 Å². The number of carbonyl (C=O) groups is 1. The van der Waals surface area contributed by atoms with Crippen LogP contribution in [0.25, 0.3) is 0 Å². The van der Waals surface area contributed by atoms with Gasteiger partial charge in [0.15, 0.2) is 23.9 Å². The normalized spacial score (nSPS) is 10.5. The van der Waals surface area contributed by atoms with Crippen molar-refractivity contribution in [2.24, 2.45) is 0 Å². The maximum atomic E-state index is 13.5. The fourth-order valence-corrected chi connectivity index (χ4v) is 2.07. The largest absolute Gasteiger partial charge is 0.481 e. The summed E-state index contributed by atoms with van der Waals surface area (Å²) in [5.74, 6) is -2.74. The summed E-state index contributed by atoms with van der Waals surface area (Å²) in [6.07, 6.45) is 6.44. The number of hydrogen-bond acceptors (Lipinski definition) is 6. The number of aromatic nitrogens is 3. The maximum Gasteiger partial charge on any atom is 0.273 e. The topological polar surface area (TPSA) is 90.1 Å². The average molecular weight is 360 g/mol. The molecular weight excluding hydrogens is 346 g/mol. The minimum Gasteiger partial charge on any atom is -0.481 e. The van der Waals surface area contributed by atoms with Gasteiger partial charge in [-0.2, -0.15) is 4.39 Å². The molecule has 0 aliphatic rings. The molecule has 1 amide bonds. The summed E-state index contributed by atoms with van der Waals surface area (Å²) in [6.45, 7) is 0.109. The Hall–Kier alpha value is -3.36. The van der Waals surface area contributed by atoms with Crippen molar-refractivity contribution in [2.45, 2.75) is 13.0 Å². The van der Waals surface area contributed by atoms with Gasteiger partial charge in [-0.15, -0.1) is 0 Å². The minimum atomic E-state index is -1.10. The summed E-state index contributed by atoms with van der Waals surface area (Å²) < 4.78 is 36.8. The van der Waals surface area contributed by atoms with Gasteiger partial charge in [0.05, 0.1) is 5.69 Å². The molecule has 3 rings (SSSR count). The van der Waals surface area contributed by atoms with Gasteiger partial charge in [-0.05, 0) is 12.1 Å². The fraction of sp³-hybridized carbons (Fsp3) is 0.176. The summed E-state index contributed by atoms with van der Waals surface area (Å²) >= 11 is 0. The van der Waals surface area contributed by atoms with E-state index < -0.39 is 17.5 Å². The predicted molar refractivity (Wildman–Crippen MR) is 85.3 cm³/mol. The van der Waals surface area contributed by atoms with E-state index >= 15 is 0 Å². The highest BCUT2D eigenvalue weighted by molar-refractivity contribution is 5.91. The molecule has 0 aliphatic heterocycles. The van der Waals surface area contributed by atoms with Crippen LogP contribution >= 0.6 is 0 Å². The van der Waals surface area contributed by atoms with Gasteiger partial charge in [0.2, 0.25) is 11.7 Å². The van der Waals surface area contributed by atoms with Crippen molar-refractivity contribution in [1.29, 1.82) is 0 Å². The standard InChI is InChI=1S/C17H14F2N4O3/c18-12-2-1-3-14(16(12)19)25-10-15-23-13(9-26-15)17(24)22-5-4-11-8-20-6-7-21-11/h1-3,6-9H,4-5,10H2,(H,22,24). The van der Waals surface area contributed by atoms with E-state index in [1.807, 2.05) is 0 Å². The van der Waals surface area contributed by atoms with Crippen molar-refractivity contribution in [3.05, 3.63) is 72.0 Å². The number of ether oxygens (including phenoxy) is 1.